The summed E-state index contributed by atoms with van der Waals surface area (Å²) in [7, 11) is 0. The molecule has 17 heavy (non-hydrogen) atoms. The van der Waals surface area contributed by atoms with Gasteiger partial charge < -0.3 is 5.11 Å². The fourth-order valence-electron chi connectivity index (χ4n) is 3.27. The van der Waals surface area contributed by atoms with Gasteiger partial charge >= 0.3 is 0 Å². The minimum Gasteiger partial charge on any atom is -0.508 e. The molecule has 2 unspecified atom stereocenters. The summed E-state index contributed by atoms with van der Waals surface area (Å²) in [6, 6.07) is 7.80. The van der Waals surface area contributed by atoms with E-state index in [4.69, 9.17) is 0 Å². The standard InChI is InChI=1S/C16H24O/c1-12-11-15(2,3)9-10-16(12,4)13-5-7-14(17)8-6-13/h5-8,12,17H,9-11H2,1-4H3. The first-order chi connectivity index (χ1) is 7.83. The van der Waals surface area contributed by atoms with Gasteiger partial charge in [-0.1, -0.05) is 39.8 Å². The van der Waals surface area contributed by atoms with Gasteiger partial charge in [-0.25, -0.2) is 0 Å². The van der Waals surface area contributed by atoms with Gasteiger partial charge in [0.2, 0.25) is 0 Å². The van der Waals surface area contributed by atoms with Crippen LogP contribution in [-0.2, 0) is 5.41 Å². The van der Waals surface area contributed by atoms with Crippen molar-refractivity contribution in [3.63, 3.8) is 0 Å². The van der Waals surface area contributed by atoms with Crippen molar-refractivity contribution in [3.8, 4) is 5.75 Å². The largest absolute Gasteiger partial charge is 0.508 e. The first kappa shape index (κ1) is 12.5. The molecule has 2 rings (SSSR count). The monoisotopic (exact) mass is 232 g/mol. The van der Waals surface area contributed by atoms with Crippen molar-refractivity contribution in [1.82, 2.24) is 0 Å². The number of phenols is 1. The Labute approximate surface area is 105 Å². The minimum atomic E-state index is 0.267. The Hall–Kier alpha value is -0.980. The van der Waals surface area contributed by atoms with Crippen LogP contribution in [0.1, 0.15) is 52.5 Å². The van der Waals surface area contributed by atoms with E-state index in [1.807, 2.05) is 12.1 Å². The summed E-state index contributed by atoms with van der Waals surface area (Å²) in [6.45, 7) is 9.49. The van der Waals surface area contributed by atoms with Gasteiger partial charge in [-0.2, -0.15) is 0 Å². The molecule has 1 aliphatic rings. The molecule has 1 N–H and O–H groups in total. The Kier molecular flexibility index (Phi) is 2.97. The topological polar surface area (TPSA) is 20.2 Å². The number of aromatic hydroxyl groups is 1. The second-order valence-corrected chi connectivity index (χ2v) is 6.73. The zero-order valence-corrected chi connectivity index (χ0v) is 11.5. The first-order valence-electron chi connectivity index (χ1n) is 6.63. The molecule has 0 saturated heterocycles. The van der Waals surface area contributed by atoms with Crippen molar-refractivity contribution >= 4 is 0 Å². The molecule has 2 atom stereocenters. The van der Waals surface area contributed by atoms with Crippen LogP contribution in [0.2, 0.25) is 0 Å². The molecule has 0 aliphatic heterocycles. The minimum absolute atomic E-state index is 0.267. The number of hydrogen-bond donors (Lipinski definition) is 1. The highest BCUT2D eigenvalue weighted by molar-refractivity contribution is 5.32. The molecule has 0 aromatic heterocycles. The lowest BCUT2D eigenvalue weighted by Gasteiger charge is -2.47. The van der Waals surface area contributed by atoms with Crippen molar-refractivity contribution < 1.29 is 5.11 Å². The van der Waals surface area contributed by atoms with Gasteiger partial charge in [0.25, 0.3) is 0 Å². The molecular weight excluding hydrogens is 208 g/mol. The zero-order valence-electron chi connectivity index (χ0n) is 11.5. The quantitative estimate of drug-likeness (QED) is 0.756. The molecule has 0 spiro atoms. The van der Waals surface area contributed by atoms with E-state index in [0.717, 1.165) is 0 Å². The number of benzene rings is 1. The maximum absolute atomic E-state index is 9.39. The molecule has 1 saturated carbocycles. The Bertz CT molecular complexity index is 390. The zero-order chi connectivity index (χ0) is 12.7. The van der Waals surface area contributed by atoms with Crippen LogP contribution < -0.4 is 0 Å². The molecule has 1 nitrogen and oxygen atoms in total. The highest BCUT2D eigenvalue weighted by atomic mass is 16.3. The molecule has 1 aliphatic carbocycles. The van der Waals surface area contributed by atoms with Gasteiger partial charge in [-0.05, 0) is 53.7 Å². The van der Waals surface area contributed by atoms with Crippen LogP contribution in [0.15, 0.2) is 24.3 Å². The predicted octanol–water partition coefficient (Wildman–Crippen LogP) is 4.50. The normalized spacial score (nSPS) is 32.4. The van der Waals surface area contributed by atoms with Gasteiger partial charge in [0.1, 0.15) is 5.75 Å². The van der Waals surface area contributed by atoms with Crippen LogP contribution in [0.3, 0.4) is 0 Å². The fourth-order valence-corrected chi connectivity index (χ4v) is 3.27. The van der Waals surface area contributed by atoms with Crippen molar-refractivity contribution in [2.24, 2.45) is 11.3 Å². The second kappa shape index (κ2) is 4.04. The Morgan fingerprint density at radius 3 is 2.18 bits per heavy atom. The fraction of sp³-hybridized carbons (Fsp3) is 0.625. The second-order valence-electron chi connectivity index (χ2n) is 6.73. The van der Waals surface area contributed by atoms with Gasteiger partial charge in [0.15, 0.2) is 0 Å². The molecule has 0 amide bonds. The highest BCUT2D eigenvalue weighted by Crippen LogP contribution is 2.50. The average Bonchev–Trinajstić information content (AvgIpc) is 2.25. The molecular formula is C16H24O. The SMILES string of the molecule is CC1CC(C)(C)CCC1(C)c1ccc(O)cc1. The molecule has 0 heterocycles. The van der Waals surface area contributed by atoms with E-state index < -0.39 is 0 Å². The average molecular weight is 232 g/mol. The van der Waals surface area contributed by atoms with E-state index in [9.17, 15) is 5.11 Å². The predicted molar refractivity (Wildman–Crippen MR) is 72.3 cm³/mol. The van der Waals surface area contributed by atoms with Gasteiger partial charge in [0, 0.05) is 0 Å². The van der Waals surface area contributed by atoms with Crippen LogP contribution in [0.5, 0.6) is 5.75 Å². The van der Waals surface area contributed by atoms with E-state index >= 15 is 0 Å². The summed E-state index contributed by atoms with van der Waals surface area (Å²) in [4.78, 5) is 0. The lowest BCUT2D eigenvalue weighted by molar-refractivity contribution is 0.109. The summed E-state index contributed by atoms with van der Waals surface area (Å²) in [6.07, 6.45) is 3.81. The van der Waals surface area contributed by atoms with Crippen molar-refractivity contribution in [1.29, 1.82) is 0 Å². The number of phenolic OH excluding ortho intramolecular Hbond substituents is 1. The van der Waals surface area contributed by atoms with Gasteiger partial charge in [-0.15, -0.1) is 0 Å². The lowest BCUT2D eigenvalue weighted by atomic mass is 9.58. The molecule has 1 fully saturated rings. The van der Waals surface area contributed by atoms with Gasteiger partial charge in [0.05, 0.1) is 0 Å². The third-order valence-electron chi connectivity index (χ3n) is 4.79. The Morgan fingerprint density at radius 2 is 1.65 bits per heavy atom. The van der Waals surface area contributed by atoms with Crippen LogP contribution >= 0.6 is 0 Å². The molecule has 1 aromatic carbocycles. The summed E-state index contributed by atoms with van der Waals surface area (Å²) in [5.41, 5.74) is 2.12. The molecule has 1 aromatic rings. The third kappa shape index (κ3) is 2.34. The van der Waals surface area contributed by atoms with E-state index in [2.05, 4.69) is 39.8 Å². The number of rotatable bonds is 1. The number of hydrogen-bond acceptors (Lipinski definition) is 1. The maximum Gasteiger partial charge on any atom is 0.115 e. The van der Waals surface area contributed by atoms with E-state index in [1.54, 1.807) is 0 Å². The van der Waals surface area contributed by atoms with Crippen molar-refractivity contribution in [2.45, 2.75) is 52.4 Å². The van der Waals surface area contributed by atoms with Crippen LogP contribution in [0, 0.1) is 11.3 Å². The van der Waals surface area contributed by atoms with Crippen LogP contribution in [0.4, 0.5) is 0 Å². The molecule has 0 bridgehead atoms. The van der Waals surface area contributed by atoms with E-state index in [1.165, 1.54) is 24.8 Å². The summed E-state index contributed by atoms with van der Waals surface area (Å²) >= 11 is 0. The smallest absolute Gasteiger partial charge is 0.115 e. The molecule has 0 radical (unpaired) electrons. The summed E-state index contributed by atoms with van der Waals surface area (Å²) in [5.74, 6) is 1.05. The van der Waals surface area contributed by atoms with Gasteiger partial charge in [-0.3, -0.25) is 0 Å². The lowest BCUT2D eigenvalue weighted by Crippen LogP contribution is -2.39. The molecule has 94 valence electrons. The summed E-state index contributed by atoms with van der Waals surface area (Å²) in [5, 5.41) is 9.39. The van der Waals surface area contributed by atoms with Crippen molar-refractivity contribution in [3.05, 3.63) is 29.8 Å². The maximum atomic E-state index is 9.39. The highest BCUT2D eigenvalue weighted by Gasteiger charge is 2.41. The van der Waals surface area contributed by atoms with E-state index in [-0.39, 0.29) is 5.41 Å². The summed E-state index contributed by atoms with van der Waals surface area (Å²) < 4.78 is 0. The Balaban J connectivity index is 2.28. The third-order valence-corrected chi connectivity index (χ3v) is 4.79. The Morgan fingerprint density at radius 1 is 1.06 bits per heavy atom. The van der Waals surface area contributed by atoms with Crippen LogP contribution in [-0.4, -0.2) is 5.11 Å². The first-order valence-corrected chi connectivity index (χ1v) is 6.63. The molecule has 1 heteroatoms. The van der Waals surface area contributed by atoms with Crippen LogP contribution in [0.25, 0.3) is 0 Å². The van der Waals surface area contributed by atoms with Crippen molar-refractivity contribution in [2.75, 3.05) is 0 Å². The van der Waals surface area contributed by atoms with E-state index in [0.29, 0.717) is 17.1 Å².